The normalized spacial score (nSPS) is 10.1. The highest BCUT2D eigenvalue weighted by molar-refractivity contribution is 5.92. The first-order valence-corrected chi connectivity index (χ1v) is 6.37. The van der Waals surface area contributed by atoms with E-state index in [1.54, 1.807) is 17.7 Å². The molecule has 1 heterocycles. The molecule has 1 aromatic carbocycles. The summed E-state index contributed by atoms with van der Waals surface area (Å²) >= 11 is 0. The number of para-hydroxylation sites is 2. The van der Waals surface area contributed by atoms with Gasteiger partial charge in [0.1, 0.15) is 12.3 Å². The van der Waals surface area contributed by atoms with Crippen LogP contribution in [0.15, 0.2) is 42.6 Å². The SMILES string of the molecule is COc1ccccc1OCCNC(=O)c1cccn1C. The van der Waals surface area contributed by atoms with E-state index in [9.17, 15) is 4.79 Å². The average Bonchev–Trinajstić information content (AvgIpc) is 2.90. The van der Waals surface area contributed by atoms with Crippen molar-refractivity contribution in [3.05, 3.63) is 48.3 Å². The number of amides is 1. The summed E-state index contributed by atoms with van der Waals surface area (Å²) < 4.78 is 12.5. The van der Waals surface area contributed by atoms with E-state index in [2.05, 4.69) is 5.32 Å². The van der Waals surface area contributed by atoms with Gasteiger partial charge in [0.2, 0.25) is 0 Å². The first-order chi connectivity index (χ1) is 9.72. The van der Waals surface area contributed by atoms with Crippen LogP contribution in [0.1, 0.15) is 10.5 Å². The molecular weight excluding hydrogens is 256 g/mol. The van der Waals surface area contributed by atoms with Crippen LogP contribution in [0.5, 0.6) is 11.5 Å². The Hall–Kier alpha value is -2.43. The number of carbonyl (C=O) groups excluding carboxylic acids is 1. The molecule has 2 aromatic rings. The Labute approximate surface area is 118 Å². The number of aryl methyl sites for hydroxylation is 1. The number of carbonyl (C=O) groups is 1. The van der Waals surface area contributed by atoms with Gasteiger partial charge in [0.15, 0.2) is 11.5 Å². The van der Waals surface area contributed by atoms with Crippen LogP contribution in [0.4, 0.5) is 0 Å². The fourth-order valence-electron chi connectivity index (χ4n) is 1.85. The van der Waals surface area contributed by atoms with Gasteiger partial charge >= 0.3 is 0 Å². The molecule has 0 saturated carbocycles. The van der Waals surface area contributed by atoms with Gasteiger partial charge in [0.05, 0.1) is 13.7 Å². The highest BCUT2D eigenvalue weighted by atomic mass is 16.5. The second-order valence-electron chi connectivity index (χ2n) is 4.26. The summed E-state index contributed by atoms with van der Waals surface area (Å²) in [6.07, 6.45) is 1.83. The Bertz CT molecular complexity index is 578. The number of ether oxygens (including phenoxy) is 2. The first kappa shape index (κ1) is 14.0. The number of hydrogen-bond donors (Lipinski definition) is 1. The molecule has 0 fully saturated rings. The molecule has 1 N–H and O–H groups in total. The van der Waals surface area contributed by atoms with Gasteiger partial charge in [-0.25, -0.2) is 0 Å². The maximum Gasteiger partial charge on any atom is 0.268 e. The third-order valence-electron chi connectivity index (χ3n) is 2.89. The van der Waals surface area contributed by atoms with Crippen molar-refractivity contribution in [1.29, 1.82) is 0 Å². The third-order valence-corrected chi connectivity index (χ3v) is 2.89. The molecule has 0 unspecified atom stereocenters. The predicted octanol–water partition coefficient (Wildman–Crippen LogP) is 1.84. The molecule has 0 aliphatic heterocycles. The zero-order valence-electron chi connectivity index (χ0n) is 11.6. The van der Waals surface area contributed by atoms with Crippen LogP contribution in [-0.2, 0) is 7.05 Å². The molecule has 0 saturated heterocycles. The highest BCUT2D eigenvalue weighted by Crippen LogP contribution is 2.25. The van der Waals surface area contributed by atoms with Gasteiger partial charge in [-0.15, -0.1) is 0 Å². The molecule has 2 rings (SSSR count). The van der Waals surface area contributed by atoms with E-state index in [0.29, 0.717) is 30.3 Å². The standard InChI is InChI=1S/C15H18N2O3/c1-17-10-5-6-12(17)15(18)16-9-11-20-14-8-4-3-7-13(14)19-2/h3-8,10H,9,11H2,1-2H3,(H,16,18). The van der Waals surface area contributed by atoms with E-state index in [4.69, 9.17) is 9.47 Å². The zero-order valence-corrected chi connectivity index (χ0v) is 11.6. The Morgan fingerprint density at radius 2 is 1.95 bits per heavy atom. The lowest BCUT2D eigenvalue weighted by molar-refractivity contribution is 0.0938. The van der Waals surface area contributed by atoms with E-state index in [0.717, 1.165) is 0 Å². The first-order valence-electron chi connectivity index (χ1n) is 6.37. The van der Waals surface area contributed by atoms with Crippen molar-refractivity contribution in [1.82, 2.24) is 9.88 Å². The molecule has 0 atom stereocenters. The minimum atomic E-state index is -0.110. The van der Waals surface area contributed by atoms with Gasteiger partial charge < -0.3 is 19.4 Å². The van der Waals surface area contributed by atoms with Crippen molar-refractivity contribution in [2.75, 3.05) is 20.3 Å². The minimum absolute atomic E-state index is 0.110. The van der Waals surface area contributed by atoms with Crippen molar-refractivity contribution in [2.45, 2.75) is 0 Å². The number of rotatable bonds is 6. The van der Waals surface area contributed by atoms with E-state index in [1.807, 2.05) is 43.6 Å². The Morgan fingerprint density at radius 3 is 2.60 bits per heavy atom. The third kappa shape index (κ3) is 3.32. The molecule has 0 aliphatic rings. The van der Waals surface area contributed by atoms with E-state index >= 15 is 0 Å². The van der Waals surface area contributed by atoms with Crippen molar-refractivity contribution in [3.63, 3.8) is 0 Å². The van der Waals surface area contributed by atoms with Gasteiger partial charge in [0.25, 0.3) is 5.91 Å². The number of nitrogens with zero attached hydrogens (tertiary/aromatic N) is 1. The topological polar surface area (TPSA) is 52.5 Å². The van der Waals surface area contributed by atoms with Crippen LogP contribution >= 0.6 is 0 Å². The second kappa shape index (κ2) is 6.65. The van der Waals surface area contributed by atoms with Crippen LogP contribution in [0.25, 0.3) is 0 Å². The van der Waals surface area contributed by atoms with Gasteiger partial charge in [-0.1, -0.05) is 12.1 Å². The summed E-state index contributed by atoms with van der Waals surface area (Å²) in [5.41, 5.74) is 0.627. The molecular formula is C15H18N2O3. The molecule has 0 radical (unpaired) electrons. The maximum atomic E-state index is 11.8. The lowest BCUT2D eigenvalue weighted by Crippen LogP contribution is -2.29. The summed E-state index contributed by atoms with van der Waals surface area (Å²) in [5.74, 6) is 1.24. The smallest absolute Gasteiger partial charge is 0.268 e. The summed E-state index contributed by atoms with van der Waals surface area (Å²) in [4.78, 5) is 11.8. The number of aromatic nitrogens is 1. The molecule has 106 valence electrons. The van der Waals surface area contributed by atoms with E-state index in [1.165, 1.54) is 0 Å². The zero-order chi connectivity index (χ0) is 14.4. The van der Waals surface area contributed by atoms with Gasteiger partial charge in [-0.05, 0) is 24.3 Å². The summed E-state index contributed by atoms with van der Waals surface area (Å²) in [5, 5.41) is 2.81. The van der Waals surface area contributed by atoms with Gasteiger partial charge in [0, 0.05) is 13.2 Å². The molecule has 5 heteroatoms. The predicted molar refractivity (Wildman–Crippen MR) is 76.2 cm³/mol. The fourth-order valence-corrected chi connectivity index (χ4v) is 1.85. The molecule has 1 aromatic heterocycles. The van der Waals surface area contributed by atoms with Crippen molar-refractivity contribution in [2.24, 2.45) is 7.05 Å². The molecule has 5 nitrogen and oxygen atoms in total. The highest BCUT2D eigenvalue weighted by Gasteiger charge is 2.08. The molecule has 20 heavy (non-hydrogen) atoms. The molecule has 0 aliphatic carbocycles. The summed E-state index contributed by atoms with van der Waals surface area (Å²) in [6.45, 7) is 0.818. The van der Waals surface area contributed by atoms with Crippen molar-refractivity contribution < 1.29 is 14.3 Å². The second-order valence-corrected chi connectivity index (χ2v) is 4.26. The van der Waals surface area contributed by atoms with Crippen LogP contribution < -0.4 is 14.8 Å². The number of benzene rings is 1. The lowest BCUT2D eigenvalue weighted by atomic mass is 10.3. The summed E-state index contributed by atoms with van der Waals surface area (Å²) in [7, 11) is 3.43. The molecule has 1 amide bonds. The molecule has 0 spiro atoms. The monoisotopic (exact) mass is 274 g/mol. The van der Waals surface area contributed by atoms with Crippen LogP contribution in [-0.4, -0.2) is 30.7 Å². The Kier molecular flexibility index (Phi) is 4.65. The van der Waals surface area contributed by atoms with E-state index < -0.39 is 0 Å². The van der Waals surface area contributed by atoms with Crippen LogP contribution in [0, 0.1) is 0 Å². The summed E-state index contributed by atoms with van der Waals surface area (Å²) in [6, 6.07) is 11.0. The number of hydrogen-bond acceptors (Lipinski definition) is 3. The quantitative estimate of drug-likeness (QED) is 0.818. The minimum Gasteiger partial charge on any atom is -0.493 e. The Morgan fingerprint density at radius 1 is 1.20 bits per heavy atom. The van der Waals surface area contributed by atoms with Crippen LogP contribution in [0.3, 0.4) is 0 Å². The number of methoxy groups -OCH3 is 1. The van der Waals surface area contributed by atoms with E-state index in [-0.39, 0.29) is 5.91 Å². The van der Waals surface area contributed by atoms with Gasteiger partial charge in [-0.2, -0.15) is 0 Å². The molecule has 0 bridgehead atoms. The van der Waals surface area contributed by atoms with Crippen molar-refractivity contribution >= 4 is 5.91 Å². The number of nitrogens with one attached hydrogen (secondary N) is 1. The lowest BCUT2D eigenvalue weighted by Gasteiger charge is -2.11. The van der Waals surface area contributed by atoms with Crippen molar-refractivity contribution in [3.8, 4) is 11.5 Å². The average molecular weight is 274 g/mol. The maximum absolute atomic E-state index is 11.8. The largest absolute Gasteiger partial charge is 0.493 e. The fraction of sp³-hybridized carbons (Fsp3) is 0.267. The van der Waals surface area contributed by atoms with Crippen LogP contribution in [0.2, 0.25) is 0 Å². The Balaban J connectivity index is 1.79. The van der Waals surface area contributed by atoms with Gasteiger partial charge in [-0.3, -0.25) is 4.79 Å².